The molecule has 28 heavy (non-hydrogen) atoms. The van der Waals surface area contributed by atoms with Crippen LogP contribution in [0.3, 0.4) is 0 Å². The Morgan fingerprint density at radius 3 is 2.50 bits per heavy atom. The Hall–Kier alpha value is -2.42. The van der Waals surface area contributed by atoms with Crippen molar-refractivity contribution in [3.63, 3.8) is 0 Å². The van der Waals surface area contributed by atoms with Crippen LogP contribution in [0.25, 0.3) is 0 Å². The summed E-state index contributed by atoms with van der Waals surface area (Å²) in [6.45, 7) is 1.99. The third-order valence-electron chi connectivity index (χ3n) is 4.31. The first-order chi connectivity index (χ1) is 13.2. The van der Waals surface area contributed by atoms with Gasteiger partial charge >= 0.3 is 0 Å². The Kier molecular flexibility index (Phi) is 8.43. The Morgan fingerprint density at radius 2 is 1.82 bits per heavy atom. The lowest BCUT2D eigenvalue weighted by molar-refractivity contribution is 0.473. The second-order valence-electron chi connectivity index (χ2n) is 6.34. The molecular weight excluding hydrogens is 468 g/mol. The number of benzene rings is 2. The number of aliphatic imine (C=N–C) groups is 1. The number of imidazole rings is 1. The highest BCUT2D eigenvalue weighted by molar-refractivity contribution is 14.0. The van der Waals surface area contributed by atoms with Gasteiger partial charge in [-0.25, -0.2) is 9.37 Å². The molecule has 148 valence electrons. The zero-order chi connectivity index (χ0) is 19.1. The minimum absolute atomic E-state index is 0. The van der Waals surface area contributed by atoms with Crippen LogP contribution in [0.2, 0.25) is 0 Å². The Bertz CT molecular complexity index is 877. The van der Waals surface area contributed by atoms with Gasteiger partial charge in [0.1, 0.15) is 11.6 Å². The highest BCUT2D eigenvalue weighted by atomic mass is 127. The molecule has 3 aromatic rings. The number of rotatable bonds is 6. The largest absolute Gasteiger partial charge is 0.349 e. The van der Waals surface area contributed by atoms with E-state index in [4.69, 9.17) is 0 Å². The lowest BCUT2D eigenvalue weighted by atomic mass is 10.2. The first-order valence-corrected chi connectivity index (χ1v) is 8.86. The second kappa shape index (κ2) is 10.8. The third-order valence-corrected chi connectivity index (χ3v) is 4.31. The Morgan fingerprint density at radius 1 is 1.11 bits per heavy atom. The normalized spacial score (nSPS) is 11.0. The van der Waals surface area contributed by atoms with Crippen molar-refractivity contribution in [2.75, 3.05) is 14.1 Å². The van der Waals surface area contributed by atoms with Crippen molar-refractivity contribution in [2.45, 2.75) is 19.6 Å². The number of nitrogens with one attached hydrogen (secondary N) is 1. The zero-order valence-corrected chi connectivity index (χ0v) is 18.4. The van der Waals surface area contributed by atoms with Gasteiger partial charge in [-0.15, -0.1) is 24.0 Å². The smallest absolute Gasteiger partial charge is 0.194 e. The number of aromatic nitrogens is 2. The molecule has 0 saturated carbocycles. The van der Waals surface area contributed by atoms with Crippen LogP contribution in [0.5, 0.6) is 0 Å². The molecule has 0 aliphatic heterocycles. The van der Waals surface area contributed by atoms with Gasteiger partial charge in [0.05, 0.1) is 6.54 Å². The highest BCUT2D eigenvalue weighted by Gasteiger charge is 2.09. The van der Waals surface area contributed by atoms with E-state index in [1.165, 1.54) is 17.7 Å². The standard InChI is InChI=1S/C21H24FN5.HI/c1-23-21(26(2)15-18-8-10-19(22)11-9-18)25-14-20-24-12-13-27(20)16-17-6-4-3-5-7-17;/h3-13H,14-16H2,1-2H3,(H,23,25);1H. The predicted molar refractivity (Wildman–Crippen MR) is 121 cm³/mol. The summed E-state index contributed by atoms with van der Waals surface area (Å²) in [7, 11) is 3.70. The topological polar surface area (TPSA) is 45.5 Å². The molecule has 7 heteroatoms. The van der Waals surface area contributed by atoms with Crippen LogP contribution in [0.15, 0.2) is 72.0 Å². The molecule has 2 aromatic carbocycles. The van der Waals surface area contributed by atoms with Gasteiger partial charge in [0.25, 0.3) is 0 Å². The molecule has 5 nitrogen and oxygen atoms in total. The van der Waals surface area contributed by atoms with Gasteiger partial charge in [-0.05, 0) is 23.3 Å². The van der Waals surface area contributed by atoms with Crippen LogP contribution in [0, 0.1) is 5.82 Å². The number of halogens is 2. The van der Waals surface area contributed by atoms with E-state index in [9.17, 15) is 4.39 Å². The van der Waals surface area contributed by atoms with Gasteiger partial charge in [0, 0.05) is 39.6 Å². The third kappa shape index (κ3) is 6.05. The van der Waals surface area contributed by atoms with Crippen LogP contribution < -0.4 is 5.32 Å². The number of hydrogen-bond acceptors (Lipinski definition) is 2. The van der Waals surface area contributed by atoms with E-state index in [0.717, 1.165) is 23.9 Å². The monoisotopic (exact) mass is 493 g/mol. The lowest BCUT2D eigenvalue weighted by Gasteiger charge is -2.22. The molecular formula is C21H25FIN5. The first kappa shape index (κ1) is 21.9. The van der Waals surface area contributed by atoms with Crippen molar-refractivity contribution in [3.05, 3.63) is 89.8 Å². The van der Waals surface area contributed by atoms with Crippen molar-refractivity contribution in [2.24, 2.45) is 4.99 Å². The summed E-state index contributed by atoms with van der Waals surface area (Å²) in [5, 5.41) is 3.35. The summed E-state index contributed by atoms with van der Waals surface area (Å²) in [5.41, 5.74) is 2.25. The fourth-order valence-corrected chi connectivity index (χ4v) is 2.91. The molecule has 3 rings (SSSR count). The summed E-state index contributed by atoms with van der Waals surface area (Å²) in [6.07, 6.45) is 3.79. The lowest BCUT2D eigenvalue weighted by Crippen LogP contribution is -2.38. The fourth-order valence-electron chi connectivity index (χ4n) is 2.91. The maximum absolute atomic E-state index is 13.1. The molecule has 0 bridgehead atoms. The molecule has 1 aromatic heterocycles. The Balaban J connectivity index is 0.00000280. The quantitative estimate of drug-likeness (QED) is 0.322. The summed E-state index contributed by atoms with van der Waals surface area (Å²) in [6, 6.07) is 16.8. The minimum atomic E-state index is -0.228. The Labute approximate surface area is 182 Å². The molecule has 0 fully saturated rings. The molecule has 0 aliphatic carbocycles. The summed E-state index contributed by atoms with van der Waals surface area (Å²) < 4.78 is 15.2. The van der Waals surface area contributed by atoms with E-state index in [2.05, 4.69) is 32.0 Å². The van der Waals surface area contributed by atoms with E-state index >= 15 is 0 Å². The van der Waals surface area contributed by atoms with E-state index in [0.29, 0.717) is 13.1 Å². The molecule has 0 amide bonds. The van der Waals surface area contributed by atoms with E-state index in [1.807, 2.05) is 42.5 Å². The molecule has 0 saturated heterocycles. The van der Waals surface area contributed by atoms with Crippen LogP contribution in [0.4, 0.5) is 4.39 Å². The van der Waals surface area contributed by atoms with Crippen molar-refractivity contribution in [3.8, 4) is 0 Å². The van der Waals surface area contributed by atoms with Crippen LogP contribution in [-0.4, -0.2) is 34.5 Å². The zero-order valence-electron chi connectivity index (χ0n) is 16.0. The van der Waals surface area contributed by atoms with Crippen molar-refractivity contribution in [1.29, 1.82) is 0 Å². The fraction of sp³-hybridized carbons (Fsp3) is 0.238. The van der Waals surface area contributed by atoms with E-state index in [-0.39, 0.29) is 29.8 Å². The van der Waals surface area contributed by atoms with E-state index < -0.39 is 0 Å². The number of hydrogen-bond donors (Lipinski definition) is 1. The molecule has 1 N–H and O–H groups in total. The highest BCUT2D eigenvalue weighted by Crippen LogP contribution is 2.07. The van der Waals surface area contributed by atoms with Gasteiger partial charge < -0.3 is 14.8 Å². The summed E-state index contributed by atoms with van der Waals surface area (Å²) in [5.74, 6) is 1.47. The predicted octanol–water partition coefficient (Wildman–Crippen LogP) is 3.90. The molecule has 0 atom stereocenters. The average molecular weight is 493 g/mol. The molecule has 0 radical (unpaired) electrons. The van der Waals surface area contributed by atoms with Crippen LogP contribution in [0.1, 0.15) is 17.0 Å². The summed E-state index contributed by atoms with van der Waals surface area (Å²) >= 11 is 0. The maximum Gasteiger partial charge on any atom is 0.194 e. The van der Waals surface area contributed by atoms with Crippen molar-refractivity contribution >= 4 is 29.9 Å². The molecule has 0 unspecified atom stereocenters. The second-order valence-corrected chi connectivity index (χ2v) is 6.34. The van der Waals surface area contributed by atoms with Gasteiger partial charge in [0.2, 0.25) is 0 Å². The maximum atomic E-state index is 13.1. The number of nitrogens with zero attached hydrogens (tertiary/aromatic N) is 4. The molecule has 0 aliphatic rings. The molecule has 0 spiro atoms. The first-order valence-electron chi connectivity index (χ1n) is 8.86. The van der Waals surface area contributed by atoms with E-state index in [1.54, 1.807) is 19.2 Å². The van der Waals surface area contributed by atoms with Gasteiger partial charge in [-0.2, -0.15) is 0 Å². The van der Waals surface area contributed by atoms with Crippen molar-refractivity contribution < 1.29 is 4.39 Å². The van der Waals surface area contributed by atoms with Crippen LogP contribution >= 0.6 is 24.0 Å². The van der Waals surface area contributed by atoms with Crippen molar-refractivity contribution in [1.82, 2.24) is 19.8 Å². The SMILES string of the molecule is CN=C(NCc1nccn1Cc1ccccc1)N(C)Cc1ccc(F)cc1.I. The van der Waals surface area contributed by atoms with Gasteiger partial charge in [-0.3, -0.25) is 4.99 Å². The minimum Gasteiger partial charge on any atom is -0.349 e. The van der Waals surface area contributed by atoms with Crippen LogP contribution in [-0.2, 0) is 19.6 Å². The number of guanidine groups is 1. The van der Waals surface area contributed by atoms with Gasteiger partial charge in [-0.1, -0.05) is 42.5 Å². The van der Waals surface area contributed by atoms with Gasteiger partial charge in [0.15, 0.2) is 5.96 Å². The average Bonchev–Trinajstić information content (AvgIpc) is 3.12. The molecule has 1 heterocycles. The summed E-state index contributed by atoms with van der Waals surface area (Å²) in [4.78, 5) is 10.8.